The normalized spacial score (nSPS) is 11.4. The van der Waals surface area contributed by atoms with E-state index in [4.69, 9.17) is 4.74 Å². The average molecular weight is 426 g/mol. The zero-order valence-corrected chi connectivity index (χ0v) is 18.1. The van der Waals surface area contributed by atoms with Crippen LogP contribution < -0.4 is 14.4 Å². The molecule has 1 N–H and O–H groups in total. The third-order valence-electron chi connectivity index (χ3n) is 4.32. The predicted molar refractivity (Wildman–Crippen MR) is 113 cm³/mol. The van der Waals surface area contributed by atoms with Crippen LogP contribution in [-0.4, -0.2) is 59.1 Å². The van der Waals surface area contributed by atoms with Gasteiger partial charge in [0, 0.05) is 20.1 Å². The second kappa shape index (κ2) is 10.4. The van der Waals surface area contributed by atoms with Crippen molar-refractivity contribution in [3.8, 4) is 5.75 Å². The molecule has 9 heteroatoms. The fourth-order valence-electron chi connectivity index (χ4n) is 2.53. The van der Waals surface area contributed by atoms with Crippen LogP contribution in [0.4, 0.5) is 5.69 Å². The van der Waals surface area contributed by atoms with Crippen molar-refractivity contribution in [3.63, 3.8) is 0 Å². The number of likely N-dealkylation sites (N-methyl/N-ethyl adjacent to an activating group) is 1. The Morgan fingerprint density at radius 1 is 1.14 bits per heavy atom. The van der Waals surface area contributed by atoms with Crippen molar-refractivity contribution in [2.45, 2.75) is 18.1 Å². The number of benzene rings is 1. The number of nitrogens with one attached hydrogen (secondary N) is 1. The molecule has 0 aliphatic rings. The second-order valence-corrected chi connectivity index (χ2v) is 9.21. The van der Waals surface area contributed by atoms with Gasteiger partial charge in [0.05, 0.1) is 5.69 Å². The van der Waals surface area contributed by atoms with Crippen LogP contribution in [0.25, 0.3) is 0 Å². The summed E-state index contributed by atoms with van der Waals surface area (Å²) in [6.07, 6.45) is 0. The van der Waals surface area contributed by atoms with Gasteiger partial charge in [-0.25, -0.2) is 8.42 Å². The zero-order chi connectivity index (χ0) is 20.6. The van der Waals surface area contributed by atoms with E-state index in [0.717, 1.165) is 19.6 Å². The molecule has 0 radical (unpaired) electrons. The Kier molecular flexibility index (Phi) is 8.28. The highest BCUT2D eigenvalue weighted by molar-refractivity contribution is 7.94. The number of sulfonamides is 1. The number of amides is 1. The summed E-state index contributed by atoms with van der Waals surface area (Å²) in [6, 6.07) is 9.89. The Balaban J connectivity index is 1.85. The SMILES string of the molecule is CCN(CC)CCNC(=O)COc1ccc(N(C)S(=O)(=O)c2cccs2)cc1. The summed E-state index contributed by atoms with van der Waals surface area (Å²) in [4.78, 5) is 14.1. The highest BCUT2D eigenvalue weighted by atomic mass is 32.2. The van der Waals surface area contributed by atoms with E-state index in [9.17, 15) is 13.2 Å². The first-order valence-electron chi connectivity index (χ1n) is 9.12. The number of hydrogen-bond acceptors (Lipinski definition) is 6. The molecule has 7 nitrogen and oxygen atoms in total. The molecule has 0 atom stereocenters. The lowest BCUT2D eigenvalue weighted by Crippen LogP contribution is -2.36. The van der Waals surface area contributed by atoms with Gasteiger partial charge in [0.25, 0.3) is 15.9 Å². The van der Waals surface area contributed by atoms with Gasteiger partial charge in [-0.1, -0.05) is 19.9 Å². The van der Waals surface area contributed by atoms with Gasteiger partial charge in [-0.3, -0.25) is 9.10 Å². The molecule has 1 aromatic heterocycles. The lowest BCUT2D eigenvalue weighted by Gasteiger charge is -2.19. The van der Waals surface area contributed by atoms with Gasteiger partial charge in [0.15, 0.2) is 6.61 Å². The predicted octanol–water partition coefficient (Wildman–Crippen LogP) is 2.41. The summed E-state index contributed by atoms with van der Waals surface area (Å²) >= 11 is 1.18. The average Bonchev–Trinajstić information content (AvgIpc) is 3.25. The van der Waals surface area contributed by atoms with Crippen molar-refractivity contribution < 1.29 is 17.9 Å². The molecule has 0 bridgehead atoms. The minimum Gasteiger partial charge on any atom is -0.484 e. The Bertz CT molecular complexity index is 833. The fraction of sp³-hybridized carbons (Fsp3) is 0.421. The van der Waals surface area contributed by atoms with Gasteiger partial charge in [-0.05, 0) is 48.8 Å². The number of anilines is 1. The first kappa shape index (κ1) is 22.2. The number of hydrogen-bond donors (Lipinski definition) is 1. The number of ether oxygens (including phenoxy) is 1. The Hall–Kier alpha value is -2.10. The molecule has 0 spiro atoms. The minimum atomic E-state index is -3.57. The summed E-state index contributed by atoms with van der Waals surface area (Å²) < 4.78 is 32.1. The standard InChI is InChI=1S/C19H27N3O4S2/c1-4-22(5-2)13-12-20-18(23)15-26-17-10-8-16(9-11-17)21(3)28(24,25)19-7-6-14-27-19/h6-11,14H,4-5,12-13,15H2,1-3H3,(H,20,23). The number of carbonyl (C=O) groups is 1. The molecule has 1 amide bonds. The third-order valence-corrected chi connectivity index (χ3v) is 7.48. The highest BCUT2D eigenvalue weighted by Gasteiger charge is 2.22. The van der Waals surface area contributed by atoms with E-state index in [-0.39, 0.29) is 16.7 Å². The molecule has 0 aliphatic heterocycles. The van der Waals surface area contributed by atoms with E-state index in [1.807, 2.05) is 0 Å². The van der Waals surface area contributed by atoms with Gasteiger partial charge in [-0.2, -0.15) is 0 Å². The van der Waals surface area contributed by atoms with Crippen LogP contribution in [0.5, 0.6) is 5.75 Å². The summed E-state index contributed by atoms with van der Waals surface area (Å²) in [5.41, 5.74) is 0.518. The maximum Gasteiger partial charge on any atom is 0.273 e. The first-order valence-corrected chi connectivity index (χ1v) is 11.4. The van der Waals surface area contributed by atoms with Crippen molar-refractivity contribution in [1.29, 1.82) is 0 Å². The van der Waals surface area contributed by atoms with E-state index >= 15 is 0 Å². The van der Waals surface area contributed by atoms with Crippen molar-refractivity contribution in [1.82, 2.24) is 10.2 Å². The van der Waals surface area contributed by atoms with E-state index in [1.54, 1.807) is 41.8 Å². The molecule has 1 heterocycles. The summed E-state index contributed by atoms with van der Waals surface area (Å²) in [5, 5.41) is 4.55. The van der Waals surface area contributed by atoms with Gasteiger partial charge in [0.1, 0.15) is 9.96 Å². The lowest BCUT2D eigenvalue weighted by molar-refractivity contribution is -0.123. The molecular weight excluding hydrogens is 398 g/mol. The van der Waals surface area contributed by atoms with Gasteiger partial charge >= 0.3 is 0 Å². The minimum absolute atomic E-state index is 0.0824. The van der Waals surface area contributed by atoms with E-state index in [0.29, 0.717) is 18.0 Å². The third kappa shape index (κ3) is 5.95. The molecule has 0 saturated heterocycles. The molecule has 0 unspecified atom stereocenters. The summed E-state index contributed by atoms with van der Waals surface area (Å²) in [7, 11) is -2.06. The molecular formula is C19H27N3O4S2. The van der Waals surface area contributed by atoms with Gasteiger partial charge in [-0.15, -0.1) is 11.3 Å². The van der Waals surface area contributed by atoms with Crippen molar-refractivity contribution in [2.24, 2.45) is 0 Å². The molecule has 0 aliphatic carbocycles. The molecule has 1 aromatic carbocycles. The van der Waals surface area contributed by atoms with Crippen molar-refractivity contribution in [3.05, 3.63) is 41.8 Å². The number of carbonyl (C=O) groups excluding carboxylic acids is 1. The molecule has 2 aromatic rings. The fourth-order valence-corrected chi connectivity index (χ4v) is 4.89. The topological polar surface area (TPSA) is 79.0 Å². The number of thiophene rings is 1. The molecule has 2 rings (SSSR count). The molecule has 28 heavy (non-hydrogen) atoms. The molecule has 0 saturated carbocycles. The van der Waals surface area contributed by atoms with Crippen LogP contribution in [0.2, 0.25) is 0 Å². The molecule has 0 fully saturated rings. The maximum atomic E-state index is 12.5. The maximum absolute atomic E-state index is 12.5. The monoisotopic (exact) mass is 425 g/mol. The van der Waals surface area contributed by atoms with E-state index < -0.39 is 10.0 Å². The first-order chi connectivity index (χ1) is 13.4. The van der Waals surface area contributed by atoms with Gasteiger partial charge < -0.3 is 15.0 Å². The van der Waals surface area contributed by atoms with E-state index in [2.05, 4.69) is 24.1 Å². The smallest absolute Gasteiger partial charge is 0.273 e. The van der Waals surface area contributed by atoms with Crippen LogP contribution in [-0.2, 0) is 14.8 Å². The van der Waals surface area contributed by atoms with Gasteiger partial charge in [0.2, 0.25) is 0 Å². The summed E-state index contributed by atoms with van der Waals surface area (Å²) in [5.74, 6) is 0.318. The largest absolute Gasteiger partial charge is 0.484 e. The number of rotatable bonds is 11. The van der Waals surface area contributed by atoms with Crippen LogP contribution in [0, 0.1) is 0 Å². The second-order valence-electron chi connectivity index (χ2n) is 6.06. The zero-order valence-electron chi connectivity index (χ0n) is 16.4. The Morgan fingerprint density at radius 2 is 1.82 bits per heavy atom. The summed E-state index contributed by atoms with van der Waals surface area (Å²) in [6.45, 7) is 7.37. The van der Waals surface area contributed by atoms with Crippen LogP contribution in [0.3, 0.4) is 0 Å². The van der Waals surface area contributed by atoms with Crippen molar-refractivity contribution in [2.75, 3.05) is 44.1 Å². The van der Waals surface area contributed by atoms with E-state index in [1.165, 1.54) is 22.7 Å². The quantitative estimate of drug-likeness (QED) is 0.598. The molecule has 154 valence electrons. The van der Waals surface area contributed by atoms with Crippen LogP contribution in [0.15, 0.2) is 46.0 Å². The Labute approximate surface area is 171 Å². The van der Waals surface area contributed by atoms with Crippen molar-refractivity contribution >= 4 is 33.0 Å². The lowest BCUT2D eigenvalue weighted by atomic mass is 10.3. The highest BCUT2D eigenvalue weighted by Crippen LogP contribution is 2.26. The number of nitrogens with zero attached hydrogens (tertiary/aromatic N) is 2. The van der Waals surface area contributed by atoms with Crippen LogP contribution >= 0.6 is 11.3 Å². The Morgan fingerprint density at radius 3 is 2.39 bits per heavy atom. The van der Waals surface area contributed by atoms with Crippen LogP contribution in [0.1, 0.15) is 13.8 Å².